The molecular formula is C16H18ClFN2. The van der Waals surface area contributed by atoms with Gasteiger partial charge in [-0.25, -0.2) is 4.39 Å². The molecule has 2 aromatic rings. The van der Waals surface area contributed by atoms with Crippen LogP contribution in [-0.2, 0) is 6.42 Å². The summed E-state index contributed by atoms with van der Waals surface area (Å²) in [7, 11) is 0. The van der Waals surface area contributed by atoms with Crippen LogP contribution < -0.4 is 11.1 Å². The topological polar surface area (TPSA) is 38.0 Å². The van der Waals surface area contributed by atoms with E-state index in [0.717, 1.165) is 12.1 Å². The molecule has 0 aliphatic rings. The van der Waals surface area contributed by atoms with Crippen LogP contribution >= 0.6 is 11.6 Å². The highest BCUT2D eigenvalue weighted by Crippen LogP contribution is 2.29. The molecule has 0 aliphatic carbocycles. The number of nitrogens with one attached hydrogen (secondary N) is 1. The average Bonchev–Trinajstić information content (AvgIpc) is 2.44. The Balaban J connectivity index is 2.12. The number of rotatable bonds is 5. The Morgan fingerprint density at radius 2 is 1.90 bits per heavy atom. The lowest BCUT2D eigenvalue weighted by molar-refractivity contribution is 0.629. The monoisotopic (exact) mass is 292 g/mol. The Morgan fingerprint density at radius 1 is 1.20 bits per heavy atom. The summed E-state index contributed by atoms with van der Waals surface area (Å²) in [6, 6.07) is 10.9. The maximum Gasteiger partial charge on any atom is 0.143 e. The van der Waals surface area contributed by atoms with E-state index < -0.39 is 5.82 Å². The largest absolute Gasteiger partial charge is 0.397 e. The van der Waals surface area contributed by atoms with Crippen molar-refractivity contribution in [1.29, 1.82) is 0 Å². The van der Waals surface area contributed by atoms with Crippen molar-refractivity contribution in [2.45, 2.75) is 26.2 Å². The third-order valence-electron chi connectivity index (χ3n) is 3.14. The lowest BCUT2D eigenvalue weighted by Crippen LogP contribution is -1.98. The first kappa shape index (κ1) is 14.7. The number of unbranched alkanes of at least 4 members (excludes halogenated alkanes) is 1. The molecule has 20 heavy (non-hydrogen) atoms. The number of nitrogens with two attached hydrogens (primary N) is 1. The summed E-state index contributed by atoms with van der Waals surface area (Å²) in [6.45, 7) is 2.18. The van der Waals surface area contributed by atoms with Crippen LogP contribution in [0.5, 0.6) is 0 Å². The summed E-state index contributed by atoms with van der Waals surface area (Å²) < 4.78 is 13.2. The number of nitrogen functional groups attached to an aromatic ring is 1. The van der Waals surface area contributed by atoms with Crippen molar-refractivity contribution in [3.63, 3.8) is 0 Å². The minimum Gasteiger partial charge on any atom is -0.397 e. The second-order valence-electron chi connectivity index (χ2n) is 4.78. The summed E-state index contributed by atoms with van der Waals surface area (Å²) in [5, 5.41) is 3.20. The smallest absolute Gasteiger partial charge is 0.143 e. The molecule has 0 aromatic heterocycles. The number of aryl methyl sites for hydroxylation is 1. The number of halogens is 2. The Hall–Kier alpha value is -1.74. The first-order chi connectivity index (χ1) is 9.60. The van der Waals surface area contributed by atoms with E-state index in [4.69, 9.17) is 17.3 Å². The van der Waals surface area contributed by atoms with E-state index in [1.165, 1.54) is 30.5 Å². The quantitative estimate of drug-likeness (QED) is 0.748. The molecule has 0 saturated carbocycles. The van der Waals surface area contributed by atoms with Crippen LogP contribution in [0.2, 0.25) is 5.02 Å². The fourth-order valence-electron chi connectivity index (χ4n) is 1.96. The Bertz CT molecular complexity index is 582. The second kappa shape index (κ2) is 6.62. The summed E-state index contributed by atoms with van der Waals surface area (Å²) in [5.74, 6) is -0.510. The lowest BCUT2D eigenvalue weighted by atomic mass is 10.1. The molecule has 2 nitrogen and oxygen atoms in total. The van der Waals surface area contributed by atoms with Gasteiger partial charge in [0.15, 0.2) is 0 Å². The van der Waals surface area contributed by atoms with Gasteiger partial charge in [-0.05, 0) is 36.6 Å². The van der Waals surface area contributed by atoms with E-state index >= 15 is 0 Å². The minimum absolute atomic E-state index is 0.0567. The number of benzene rings is 2. The van der Waals surface area contributed by atoms with Gasteiger partial charge < -0.3 is 11.1 Å². The molecule has 4 heteroatoms. The van der Waals surface area contributed by atoms with Crippen molar-refractivity contribution in [3.05, 3.63) is 52.8 Å². The van der Waals surface area contributed by atoms with Gasteiger partial charge in [0.1, 0.15) is 5.82 Å². The maximum absolute atomic E-state index is 13.2. The lowest BCUT2D eigenvalue weighted by Gasteiger charge is -2.11. The molecule has 0 atom stereocenters. The SMILES string of the molecule is CCCCc1ccc(Nc2cc(Cl)c(F)cc2N)cc1. The van der Waals surface area contributed by atoms with E-state index in [2.05, 4.69) is 24.4 Å². The Kier molecular flexibility index (Phi) is 4.85. The zero-order valence-electron chi connectivity index (χ0n) is 11.4. The van der Waals surface area contributed by atoms with Gasteiger partial charge in [-0.15, -0.1) is 0 Å². The van der Waals surface area contributed by atoms with Crippen LogP contribution in [-0.4, -0.2) is 0 Å². The molecule has 0 saturated heterocycles. The predicted molar refractivity (Wildman–Crippen MR) is 84.2 cm³/mol. The number of hydrogen-bond donors (Lipinski definition) is 2. The van der Waals surface area contributed by atoms with Crippen LogP contribution in [0.1, 0.15) is 25.3 Å². The average molecular weight is 293 g/mol. The minimum atomic E-state index is -0.510. The maximum atomic E-state index is 13.2. The van der Waals surface area contributed by atoms with E-state index in [-0.39, 0.29) is 5.02 Å². The third kappa shape index (κ3) is 3.64. The molecular weight excluding hydrogens is 275 g/mol. The van der Waals surface area contributed by atoms with Crippen LogP contribution in [0.15, 0.2) is 36.4 Å². The molecule has 0 spiro atoms. The van der Waals surface area contributed by atoms with Crippen molar-refractivity contribution in [3.8, 4) is 0 Å². The summed E-state index contributed by atoms with van der Waals surface area (Å²) in [5.41, 5.74) is 8.93. The van der Waals surface area contributed by atoms with Crippen LogP contribution in [0, 0.1) is 5.82 Å². The van der Waals surface area contributed by atoms with Gasteiger partial charge in [0.25, 0.3) is 0 Å². The van der Waals surface area contributed by atoms with Crippen molar-refractivity contribution >= 4 is 28.7 Å². The molecule has 2 aromatic carbocycles. The second-order valence-corrected chi connectivity index (χ2v) is 5.19. The summed E-state index contributed by atoms with van der Waals surface area (Å²) in [6.07, 6.45) is 3.46. The highest BCUT2D eigenvalue weighted by molar-refractivity contribution is 6.31. The van der Waals surface area contributed by atoms with Gasteiger partial charge in [-0.3, -0.25) is 0 Å². The van der Waals surface area contributed by atoms with Crippen molar-refractivity contribution in [2.75, 3.05) is 11.1 Å². The van der Waals surface area contributed by atoms with Crippen LogP contribution in [0.3, 0.4) is 0 Å². The number of anilines is 3. The zero-order chi connectivity index (χ0) is 14.5. The Morgan fingerprint density at radius 3 is 2.55 bits per heavy atom. The number of hydrogen-bond acceptors (Lipinski definition) is 2. The Labute approximate surface area is 123 Å². The molecule has 2 rings (SSSR count). The highest BCUT2D eigenvalue weighted by Gasteiger charge is 2.06. The molecule has 0 fully saturated rings. The van der Waals surface area contributed by atoms with E-state index in [0.29, 0.717) is 11.4 Å². The first-order valence-electron chi connectivity index (χ1n) is 6.70. The van der Waals surface area contributed by atoms with Gasteiger partial charge in [0, 0.05) is 11.8 Å². The summed E-state index contributed by atoms with van der Waals surface area (Å²) in [4.78, 5) is 0. The summed E-state index contributed by atoms with van der Waals surface area (Å²) >= 11 is 5.76. The third-order valence-corrected chi connectivity index (χ3v) is 3.43. The first-order valence-corrected chi connectivity index (χ1v) is 7.08. The predicted octanol–water partition coefficient (Wildman–Crippen LogP) is 5.15. The van der Waals surface area contributed by atoms with E-state index in [1.54, 1.807) is 0 Å². The molecule has 0 radical (unpaired) electrons. The van der Waals surface area contributed by atoms with Crippen LogP contribution in [0.25, 0.3) is 0 Å². The van der Waals surface area contributed by atoms with Gasteiger partial charge in [-0.1, -0.05) is 37.1 Å². The molecule has 0 aliphatic heterocycles. The van der Waals surface area contributed by atoms with Crippen LogP contribution in [0.4, 0.5) is 21.5 Å². The normalized spacial score (nSPS) is 10.6. The molecule has 0 amide bonds. The fourth-order valence-corrected chi connectivity index (χ4v) is 2.13. The van der Waals surface area contributed by atoms with E-state index in [1.807, 2.05) is 12.1 Å². The van der Waals surface area contributed by atoms with Gasteiger partial charge in [0.05, 0.1) is 16.4 Å². The molecule has 3 N–H and O–H groups in total. The molecule has 106 valence electrons. The standard InChI is InChI=1S/C16H18ClFN2/c1-2-3-4-11-5-7-12(8-6-11)20-16-9-13(17)14(18)10-15(16)19/h5-10,20H,2-4,19H2,1H3. The van der Waals surface area contributed by atoms with Crippen molar-refractivity contribution in [1.82, 2.24) is 0 Å². The zero-order valence-corrected chi connectivity index (χ0v) is 12.2. The van der Waals surface area contributed by atoms with Gasteiger partial charge in [0.2, 0.25) is 0 Å². The van der Waals surface area contributed by atoms with E-state index in [9.17, 15) is 4.39 Å². The molecule has 0 unspecified atom stereocenters. The molecule has 0 bridgehead atoms. The molecule has 0 heterocycles. The van der Waals surface area contributed by atoms with Crippen molar-refractivity contribution < 1.29 is 4.39 Å². The highest BCUT2D eigenvalue weighted by atomic mass is 35.5. The van der Waals surface area contributed by atoms with Crippen molar-refractivity contribution in [2.24, 2.45) is 0 Å². The fraction of sp³-hybridized carbons (Fsp3) is 0.250. The van der Waals surface area contributed by atoms with Gasteiger partial charge >= 0.3 is 0 Å². The van der Waals surface area contributed by atoms with Gasteiger partial charge in [-0.2, -0.15) is 0 Å².